The molecular weight excluding hydrogens is 431 g/mol. The summed E-state index contributed by atoms with van der Waals surface area (Å²) in [6.07, 6.45) is 1.19. The normalized spacial score (nSPS) is 10.6. The van der Waals surface area contributed by atoms with Crippen LogP contribution < -0.4 is 14.8 Å². The minimum absolute atomic E-state index is 0.0546. The van der Waals surface area contributed by atoms with E-state index in [9.17, 15) is 14.0 Å². The van der Waals surface area contributed by atoms with Gasteiger partial charge in [-0.15, -0.1) is 11.3 Å². The molecule has 0 spiro atoms. The topological polar surface area (TPSA) is 77.5 Å². The number of hydrogen-bond donors (Lipinski definition) is 1. The van der Waals surface area contributed by atoms with E-state index in [0.29, 0.717) is 47.2 Å². The lowest BCUT2D eigenvalue weighted by Gasteiger charge is -2.11. The second kappa shape index (κ2) is 10.9. The summed E-state index contributed by atoms with van der Waals surface area (Å²) in [4.78, 5) is 29.1. The highest BCUT2D eigenvalue weighted by Gasteiger charge is 2.13. The Morgan fingerprint density at radius 2 is 1.94 bits per heavy atom. The van der Waals surface area contributed by atoms with Gasteiger partial charge < -0.3 is 14.8 Å². The third-order valence-corrected chi connectivity index (χ3v) is 5.90. The molecule has 168 valence electrons. The molecule has 1 aromatic heterocycles. The zero-order chi connectivity index (χ0) is 23.1. The van der Waals surface area contributed by atoms with E-state index >= 15 is 0 Å². The summed E-state index contributed by atoms with van der Waals surface area (Å²) >= 11 is 1.35. The van der Waals surface area contributed by atoms with Crippen LogP contribution in [0.15, 0.2) is 42.5 Å². The van der Waals surface area contributed by atoms with Crippen LogP contribution in [0.3, 0.4) is 0 Å². The molecule has 1 N–H and O–H groups in total. The zero-order valence-corrected chi connectivity index (χ0v) is 19.1. The Kier molecular flexibility index (Phi) is 7.94. The number of anilines is 1. The summed E-state index contributed by atoms with van der Waals surface area (Å²) < 4.78 is 24.9. The standard InChI is InChI=1S/C24H25FN2O4S/c1-15-22(14-18-7-4-5-8-19(18)25)32-24(26-15)27-23(29)9-6-12-31-20-11-10-17(16(2)28)13-21(20)30-3/h4-5,7-8,10-11,13H,6,9,12,14H2,1-3H3,(H,26,27,29). The number of methoxy groups -OCH3 is 1. The average molecular weight is 457 g/mol. The number of thiazole rings is 1. The number of benzene rings is 2. The van der Waals surface area contributed by atoms with Gasteiger partial charge in [0.1, 0.15) is 5.82 Å². The Labute approximate surface area is 190 Å². The average Bonchev–Trinajstić information content (AvgIpc) is 3.11. The molecule has 0 unspecified atom stereocenters. The van der Waals surface area contributed by atoms with Gasteiger partial charge in [0.05, 0.1) is 19.4 Å². The molecule has 0 bridgehead atoms. The van der Waals surface area contributed by atoms with E-state index in [1.54, 1.807) is 36.4 Å². The van der Waals surface area contributed by atoms with Crippen LogP contribution in [0.2, 0.25) is 0 Å². The molecule has 32 heavy (non-hydrogen) atoms. The second-order valence-corrected chi connectivity index (χ2v) is 8.30. The van der Waals surface area contributed by atoms with E-state index in [1.807, 2.05) is 6.92 Å². The van der Waals surface area contributed by atoms with Crippen molar-refractivity contribution in [3.05, 3.63) is 70.0 Å². The van der Waals surface area contributed by atoms with Crippen LogP contribution in [0.1, 0.15) is 46.3 Å². The highest BCUT2D eigenvalue weighted by atomic mass is 32.1. The largest absolute Gasteiger partial charge is 0.493 e. The Bertz CT molecular complexity index is 1110. The summed E-state index contributed by atoms with van der Waals surface area (Å²) in [5, 5.41) is 3.30. The smallest absolute Gasteiger partial charge is 0.226 e. The predicted molar refractivity (Wildman–Crippen MR) is 122 cm³/mol. The van der Waals surface area contributed by atoms with Gasteiger partial charge in [0.15, 0.2) is 22.4 Å². The first kappa shape index (κ1) is 23.4. The summed E-state index contributed by atoms with van der Waals surface area (Å²) in [5.74, 6) is 0.521. The maximum Gasteiger partial charge on any atom is 0.226 e. The minimum atomic E-state index is -0.251. The lowest BCUT2D eigenvalue weighted by molar-refractivity contribution is -0.116. The number of ether oxygens (including phenoxy) is 2. The quantitative estimate of drug-likeness (QED) is 0.336. The number of aromatic nitrogens is 1. The fraction of sp³-hybridized carbons (Fsp3) is 0.292. The van der Waals surface area contributed by atoms with E-state index in [0.717, 1.165) is 10.6 Å². The molecule has 1 heterocycles. The van der Waals surface area contributed by atoms with Crippen molar-refractivity contribution < 1.29 is 23.5 Å². The molecule has 0 saturated heterocycles. The molecule has 6 nitrogen and oxygen atoms in total. The second-order valence-electron chi connectivity index (χ2n) is 7.22. The third-order valence-electron chi connectivity index (χ3n) is 4.82. The van der Waals surface area contributed by atoms with Gasteiger partial charge in [-0.25, -0.2) is 9.37 Å². The van der Waals surface area contributed by atoms with E-state index < -0.39 is 0 Å². The lowest BCUT2D eigenvalue weighted by atomic mass is 10.1. The molecule has 8 heteroatoms. The Morgan fingerprint density at radius 1 is 1.16 bits per heavy atom. The fourth-order valence-electron chi connectivity index (χ4n) is 3.06. The monoisotopic (exact) mass is 456 g/mol. The van der Waals surface area contributed by atoms with E-state index in [4.69, 9.17) is 9.47 Å². The molecule has 0 aliphatic carbocycles. The first-order chi connectivity index (χ1) is 15.4. The van der Waals surface area contributed by atoms with Crippen LogP contribution in [0, 0.1) is 12.7 Å². The van der Waals surface area contributed by atoms with Crippen LogP contribution in [0.5, 0.6) is 11.5 Å². The van der Waals surface area contributed by atoms with Gasteiger partial charge in [-0.3, -0.25) is 9.59 Å². The predicted octanol–water partition coefficient (Wildman–Crippen LogP) is 5.19. The van der Waals surface area contributed by atoms with Gasteiger partial charge in [-0.2, -0.15) is 0 Å². The highest BCUT2D eigenvalue weighted by molar-refractivity contribution is 7.15. The molecule has 0 aliphatic heterocycles. The molecule has 3 aromatic rings. The van der Waals surface area contributed by atoms with Crippen molar-refractivity contribution in [2.24, 2.45) is 0 Å². The summed E-state index contributed by atoms with van der Waals surface area (Å²) in [6, 6.07) is 11.6. The first-order valence-electron chi connectivity index (χ1n) is 10.2. The molecule has 0 atom stereocenters. The van der Waals surface area contributed by atoms with Crippen LogP contribution in [-0.2, 0) is 11.2 Å². The Balaban J connectivity index is 1.48. The number of nitrogens with zero attached hydrogens (tertiary/aromatic N) is 1. The van der Waals surface area contributed by atoms with Crippen LogP contribution >= 0.6 is 11.3 Å². The first-order valence-corrected chi connectivity index (χ1v) is 11.0. The van der Waals surface area contributed by atoms with Gasteiger partial charge in [0.25, 0.3) is 0 Å². The zero-order valence-electron chi connectivity index (χ0n) is 18.2. The van der Waals surface area contributed by atoms with E-state index in [2.05, 4.69) is 10.3 Å². The van der Waals surface area contributed by atoms with Gasteiger partial charge in [0.2, 0.25) is 5.91 Å². The van der Waals surface area contributed by atoms with Crippen molar-refractivity contribution in [2.75, 3.05) is 19.0 Å². The van der Waals surface area contributed by atoms with Gasteiger partial charge in [0, 0.05) is 23.3 Å². The highest BCUT2D eigenvalue weighted by Crippen LogP contribution is 2.29. The van der Waals surface area contributed by atoms with Crippen molar-refractivity contribution in [1.29, 1.82) is 0 Å². The molecule has 0 saturated carbocycles. The minimum Gasteiger partial charge on any atom is -0.493 e. The molecule has 2 aromatic carbocycles. The number of carbonyl (C=O) groups excluding carboxylic acids is 2. The van der Waals surface area contributed by atoms with Crippen molar-refractivity contribution >= 4 is 28.2 Å². The number of amides is 1. The van der Waals surface area contributed by atoms with Gasteiger partial charge in [-0.1, -0.05) is 18.2 Å². The van der Waals surface area contributed by atoms with Crippen molar-refractivity contribution in [3.63, 3.8) is 0 Å². The summed E-state index contributed by atoms with van der Waals surface area (Å²) in [6.45, 7) is 3.65. The number of nitrogens with one attached hydrogen (secondary N) is 1. The van der Waals surface area contributed by atoms with Gasteiger partial charge in [-0.05, 0) is 50.1 Å². The fourth-order valence-corrected chi connectivity index (χ4v) is 4.06. The number of aryl methyl sites for hydroxylation is 1. The Hall–Kier alpha value is -3.26. The third kappa shape index (κ3) is 6.13. The number of Topliss-reactive ketones (excluding diaryl/α,β-unsaturated/α-hetero) is 1. The van der Waals surface area contributed by atoms with Crippen molar-refractivity contribution in [3.8, 4) is 11.5 Å². The number of hydrogen-bond acceptors (Lipinski definition) is 6. The molecule has 0 radical (unpaired) electrons. The molecule has 0 aliphatic rings. The molecule has 0 fully saturated rings. The summed E-state index contributed by atoms with van der Waals surface area (Å²) in [7, 11) is 1.51. The molecule has 3 rings (SSSR count). The number of ketones is 1. The maximum atomic E-state index is 13.9. The SMILES string of the molecule is COc1cc(C(C)=O)ccc1OCCCC(=O)Nc1nc(C)c(Cc2ccccc2F)s1. The molecular formula is C24H25FN2O4S. The van der Waals surface area contributed by atoms with E-state index in [-0.39, 0.29) is 23.9 Å². The number of carbonyl (C=O) groups is 2. The number of rotatable bonds is 10. The van der Waals surface area contributed by atoms with E-state index in [1.165, 1.54) is 31.4 Å². The van der Waals surface area contributed by atoms with Crippen molar-refractivity contribution in [1.82, 2.24) is 4.98 Å². The maximum absolute atomic E-state index is 13.9. The van der Waals surface area contributed by atoms with Crippen LogP contribution in [0.25, 0.3) is 0 Å². The van der Waals surface area contributed by atoms with Crippen molar-refractivity contribution in [2.45, 2.75) is 33.1 Å². The number of halogens is 1. The Morgan fingerprint density at radius 3 is 2.66 bits per heavy atom. The van der Waals surface area contributed by atoms with Crippen LogP contribution in [0.4, 0.5) is 9.52 Å². The molecule has 1 amide bonds. The van der Waals surface area contributed by atoms with Crippen LogP contribution in [-0.4, -0.2) is 30.4 Å². The lowest BCUT2D eigenvalue weighted by Crippen LogP contribution is -2.12. The summed E-state index contributed by atoms with van der Waals surface area (Å²) in [5.41, 5.74) is 1.92. The van der Waals surface area contributed by atoms with Gasteiger partial charge >= 0.3 is 0 Å².